The van der Waals surface area contributed by atoms with Crippen molar-refractivity contribution in [2.24, 2.45) is 11.8 Å². The summed E-state index contributed by atoms with van der Waals surface area (Å²) in [7, 11) is 0. The van der Waals surface area contributed by atoms with Crippen LogP contribution in [0.25, 0.3) is 10.9 Å². The van der Waals surface area contributed by atoms with Gasteiger partial charge in [0, 0.05) is 17.8 Å². The van der Waals surface area contributed by atoms with Crippen molar-refractivity contribution in [1.29, 1.82) is 0 Å². The Bertz CT molecular complexity index is 511. The molecule has 2 nitrogen and oxygen atoms in total. The maximum absolute atomic E-state index is 3.57. The normalized spacial score (nSPS) is 13.6. The Kier molecular flexibility index (Phi) is 4.65. The monoisotopic (exact) mass is 258 g/mol. The summed E-state index contributed by atoms with van der Waals surface area (Å²) in [6, 6.07) is 9.47. The number of aromatic nitrogens is 1. The van der Waals surface area contributed by atoms with Gasteiger partial charge in [-0.25, -0.2) is 0 Å². The summed E-state index contributed by atoms with van der Waals surface area (Å²) < 4.78 is 0. The molecule has 0 bridgehead atoms. The van der Waals surface area contributed by atoms with Gasteiger partial charge in [0.05, 0.1) is 0 Å². The molecule has 1 aromatic carbocycles. The van der Waals surface area contributed by atoms with E-state index in [9.17, 15) is 0 Å². The van der Waals surface area contributed by atoms with Gasteiger partial charge in [-0.2, -0.15) is 0 Å². The van der Waals surface area contributed by atoms with Crippen LogP contribution in [0.15, 0.2) is 30.5 Å². The molecule has 2 N–H and O–H groups in total. The first kappa shape index (κ1) is 14.1. The van der Waals surface area contributed by atoms with Crippen LogP contribution >= 0.6 is 0 Å². The zero-order valence-electron chi connectivity index (χ0n) is 12.5. The first-order valence-electron chi connectivity index (χ1n) is 7.35. The van der Waals surface area contributed by atoms with Crippen LogP contribution in [-0.2, 0) is 6.42 Å². The summed E-state index contributed by atoms with van der Waals surface area (Å²) in [6.07, 6.45) is 3.16. The molecule has 0 aliphatic heterocycles. The van der Waals surface area contributed by atoms with Gasteiger partial charge in [-0.05, 0) is 54.0 Å². The second kappa shape index (κ2) is 6.25. The van der Waals surface area contributed by atoms with Gasteiger partial charge in [-0.15, -0.1) is 0 Å². The Morgan fingerprint density at radius 1 is 1.11 bits per heavy atom. The Hall–Kier alpha value is -1.28. The smallest absolute Gasteiger partial charge is 0.0454 e. The summed E-state index contributed by atoms with van der Waals surface area (Å²) in [6.45, 7) is 10.2. The van der Waals surface area contributed by atoms with Gasteiger partial charge in [0.25, 0.3) is 0 Å². The molecule has 1 unspecified atom stereocenters. The highest BCUT2D eigenvalue weighted by Gasteiger charge is 2.14. The van der Waals surface area contributed by atoms with E-state index in [-0.39, 0.29) is 0 Å². The molecule has 2 aromatic rings. The largest absolute Gasteiger partial charge is 0.361 e. The van der Waals surface area contributed by atoms with Crippen LogP contribution in [0.3, 0.4) is 0 Å². The van der Waals surface area contributed by atoms with Gasteiger partial charge in [0.2, 0.25) is 0 Å². The lowest BCUT2D eigenvalue weighted by atomic mass is 9.88. The molecule has 0 fully saturated rings. The Balaban J connectivity index is 2.06. The van der Waals surface area contributed by atoms with Crippen LogP contribution in [0.4, 0.5) is 0 Å². The summed E-state index contributed by atoms with van der Waals surface area (Å²) in [5.41, 5.74) is 2.67. The lowest BCUT2D eigenvalue weighted by Gasteiger charge is -2.23. The lowest BCUT2D eigenvalue weighted by Crippen LogP contribution is -2.32. The molecule has 0 radical (unpaired) electrons. The van der Waals surface area contributed by atoms with E-state index in [0.717, 1.165) is 13.0 Å². The molecule has 0 saturated carbocycles. The van der Waals surface area contributed by atoms with E-state index in [0.29, 0.717) is 17.9 Å². The van der Waals surface area contributed by atoms with Crippen molar-refractivity contribution in [2.75, 3.05) is 6.54 Å². The maximum atomic E-state index is 3.57. The number of nitrogens with one attached hydrogen (secondary N) is 2. The van der Waals surface area contributed by atoms with E-state index in [2.05, 4.69) is 62.3 Å². The number of H-pyrrole nitrogens is 1. The van der Waals surface area contributed by atoms with Gasteiger partial charge < -0.3 is 10.3 Å². The number of rotatable bonds is 6. The quantitative estimate of drug-likeness (QED) is 0.806. The molecule has 2 rings (SSSR count). The minimum Gasteiger partial charge on any atom is -0.361 e. The highest BCUT2D eigenvalue weighted by molar-refractivity contribution is 5.79. The van der Waals surface area contributed by atoms with Gasteiger partial charge in [-0.1, -0.05) is 33.8 Å². The van der Waals surface area contributed by atoms with Gasteiger partial charge in [0.15, 0.2) is 0 Å². The van der Waals surface area contributed by atoms with Gasteiger partial charge >= 0.3 is 0 Å². The zero-order chi connectivity index (χ0) is 13.8. The molecule has 0 aliphatic carbocycles. The molecular weight excluding hydrogens is 232 g/mol. The van der Waals surface area contributed by atoms with E-state index in [1.54, 1.807) is 0 Å². The highest BCUT2D eigenvalue weighted by atomic mass is 14.9. The van der Waals surface area contributed by atoms with E-state index in [4.69, 9.17) is 0 Å². The predicted octanol–water partition coefficient (Wildman–Crippen LogP) is 3.98. The molecule has 0 saturated heterocycles. The second-order valence-electron chi connectivity index (χ2n) is 6.17. The Morgan fingerprint density at radius 2 is 1.89 bits per heavy atom. The van der Waals surface area contributed by atoms with Crippen LogP contribution in [0, 0.1) is 11.8 Å². The van der Waals surface area contributed by atoms with E-state index >= 15 is 0 Å². The molecule has 0 amide bonds. The predicted molar refractivity (Wildman–Crippen MR) is 83.5 cm³/mol. The van der Waals surface area contributed by atoms with Gasteiger partial charge in [-0.3, -0.25) is 0 Å². The summed E-state index contributed by atoms with van der Waals surface area (Å²) >= 11 is 0. The minimum atomic E-state index is 0.563. The topological polar surface area (TPSA) is 27.8 Å². The molecular formula is C17H26N2. The Labute approximate surface area is 116 Å². The summed E-state index contributed by atoms with van der Waals surface area (Å²) in [5, 5.41) is 4.89. The number of hydrogen-bond acceptors (Lipinski definition) is 1. The third-order valence-electron chi connectivity index (χ3n) is 3.85. The maximum Gasteiger partial charge on any atom is 0.0454 e. The molecule has 1 aromatic heterocycles. The summed E-state index contributed by atoms with van der Waals surface area (Å²) in [5.74, 6) is 1.40. The molecule has 104 valence electrons. The highest BCUT2D eigenvalue weighted by Crippen LogP contribution is 2.20. The van der Waals surface area contributed by atoms with Crippen molar-refractivity contribution in [2.45, 2.75) is 40.2 Å². The fourth-order valence-corrected chi connectivity index (χ4v) is 2.46. The molecule has 1 atom stereocenters. The fourth-order valence-electron chi connectivity index (χ4n) is 2.46. The third kappa shape index (κ3) is 3.84. The first-order valence-corrected chi connectivity index (χ1v) is 7.35. The van der Waals surface area contributed by atoms with Crippen LogP contribution in [0.2, 0.25) is 0 Å². The van der Waals surface area contributed by atoms with Crippen LogP contribution in [0.5, 0.6) is 0 Å². The zero-order valence-corrected chi connectivity index (χ0v) is 12.5. The number of fused-ring (bicyclic) bond motifs is 1. The lowest BCUT2D eigenvalue weighted by molar-refractivity contribution is 0.349. The van der Waals surface area contributed by atoms with Crippen molar-refractivity contribution >= 4 is 10.9 Å². The molecule has 0 aliphatic rings. The standard InChI is InChI=1S/C17H26N2/c1-12(2)16(11-19-13(3)4)10-14-5-6-17-15(9-14)7-8-18-17/h5-9,12-13,16,18-19H,10-11H2,1-4H3. The van der Waals surface area contributed by atoms with Crippen LogP contribution in [0.1, 0.15) is 33.3 Å². The first-order chi connectivity index (χ1) is 9.06. The van der Waals surface area contributed by atoms with Crippen molar-refractivity contribution in [3.05, 3.63) is 36.0 Å². The number of benzene rings is 1. The summed E-state index contributed by atoms with van der Waals surface area (Å²) in [4.78, 5) is 3.25. The van der Waals surface area contributed by atoms with Crippen molar-refractivity contribution in [3.8, 4) is 0 Å². The molecule has 0 spiro atoms. The van der Waals surface area contributed by atoms with Crippen LogP contribution in [-0.4, -0.2) is 17.6 Å². The average molecular weight is 258 g/mol. The van der Waals surface area contributed by atoms with Gasteiger partial charge in [0.1, 0.15) is 0 Å². The van der Waals surface area contributed by atoms with E-state index < -0.39 is 0 Å². The molecule has 2 heteroatoms. The van der Waals surface area contributed by atoms with Crippen molar-refractivity contribution in [3.63, 3.8) is 0 Å². The second-order valence-corrected chi connectivity index (χ2v) is 6.17. The molecule has 19 heavy (non-hydrogen) atoms. The molecule has 1 heterocycles. The number of aromatic amines is 1. The minimum absolute atomic E-state index is 0.563. The number of hydrogen-bond donors (Lipinski definition) is 2. The Morgan fingerprint density at radius 3 is 2.58 bits per heavy atom. The van der Waals surface area contributed by atoms with Crippen molar-refractivity contribution in [1.82, 2.24) is 10.3 Å². The van der Waals surface area contributed by atoms with E-state index in [1.807, 2.05) is 6.20 Å². The SMILES string of the molecule is CC(C)NCC(Cc1ccc2[nH]ccc2c1)C(C)C. The van der Waals surface area contributed by atoms with Crippen molar-refractivity contribution < 1.29 is 0 Å². The van der Waals surface area contributed by atoms with E-state index in [1.165, 1.54) is 16.5 Å². The average Bonchev–Trinajstić information content (AvgIpc) is 2.81. The van der Waals surface area contributed by atoms with Crippen LogP contribution < -0.4 is 5.32 Å². The third-order valence-corrected chi connectivity index (χ3v) is 3.85. The fraction of sp³-hybridized carbons (Fsp3) is 0.529.